The summed E-state index contributed by atoms with van der Waals surface area (Å²) >= 11 is 0. The summed E-state index contributed by atoms with van der Waals surface area (Å²) in [6.07, 6.45) is 5.53. The van der Waals surface area contributed by atoms with Gasteiger partial charge in [0.1, 0.15) is 12.1 Å². The summed E-state index contributed by atoms with van der Waals surface area (Å²) in [5.74, 6) is -0.858. The fourth-order valence-electron chi connectivity index (χ4n) is 2.25. The van der Waals surface area contributed by atoms with Gasteiger partial charge in [-0.25, -0.2) is 4.79 Å². The van der Waals surface area contributed by atoms with Crippen LogP contribution >= 0.6 is 0 Å². The van der Waals surface area contributed by atoms with E-state index >= 15 is 0 Å². The molecule has 2 amide bonds. The number of nitrogens with one attached hydrogen (secondary N) is 2. The van der Waals surface area contributed by atoms with Crippen molar-refractivity contribution < 1.29 is 19.1 Å². The second kappa shape index (κ2) is 8.55. The van der Waals surface area contributed by atoms with Gasteiger partial charge in [-0.1, -0.05) is 32.6 Å². The van der Waals surface area contributed by atoms with Crippen molar-refractivity contribution in [1.29, 1.82) is 0 Å². The van der Waals surface area contributed by atoms with E-state index in [1.165, 1.54) is 7.11 Å². The molecule has 0 aromatic rings. The third-order valence-electron chi connectivity index (χ3n) is 3.46. The number of carbonyl (C=O) groups is 3. The molecule has 114 valence electrons. The van der Waals surface area contributed by atoms with Gasteiger partial charge in [0.05, 0.1) is 7.11 Å². The van der Waals surface area contributed by atoms with Crippen molar-refractivity contribution in [3.8, 4) is 0 Å². The first-order valence-corrected chi connectivity index (χ1v) is 7.26. The third-order valence-corrected chi connectivity index (χ3v) is 3.46. The molecule has 1 aliphatic heterocycles. The molecule has 0 saturated carbocycles. The van der Waals surface area contributed by atoms with Crippen LogP contribution in [0.3, 0.4) is 0 Å². The zero-order valence-corrected chi connectivity index (χ0v) is 12.2. The Morgan fingerprint density at radius 2 is 2.15 bits per heavy atom. The van der Waals surface area contributed by atoms with Gasteiger partial charge in [0, 0.05) is 6.42 Å². The molecule has 1 aliphatic rings. The molecule has 20 heavy (non-hydrogen) atoms. The monoisotopic (exact) mass is 284 g/mol. The maximum atomic E-state index is 12.0. The number of ether oxygens (including phenoxy) is 1. The molecule has 0 bridgehead atoms. The van der Waals surface area contributed by atoms with E-state index in [1.54, 1.807) is 0 Å². The Labute approximate surface area is 119 Å². The number of unbranched alkanes of at least 4 members (excludes halogenated alkanes) is 3. The van der Waals surface area contributed by atoms with Gasteiger partial charge >= 0.3 is 5.97 Å². The molecule has 0 aromatic heterocycles. The molecule has 1 rings (SSSR count). The van der Waals surface area contributed by atoms with Crippen LogP contribution in [-0.4, -0.2) is 37.0 Å². The van der Waals surface area contributed by atoms with E-state index in [4.69, 9.17) is 4.74 Å². The first-order chi connectivity index (χ1) is 9.58. The van der Waals surface area contributed by atoms with Crippen molar-refractivity contribution >= 4 is 17.8 Å². The van der Waals surface area contributed by atoms with E-state index in [9.17, 15) is 14.4 Å². The summed E-state index contributed by atoms with van der Waals surface area (Å²) in [5.41, 5.74) is 0. The summed E-state index contributed by atoms with van der Waals surface area (Å²) in [6, 6.07) is -1.15. The zero-order valence-electron chi connectivity index (χ0n) is 12.2. The molecule has 6 nitrogen and oxygen atoms in total. The SMILES string of the molecule is CCCCCC[C@H](NC(=O)[C@H]1CCC(=O)N1)C(=O)OC. The van der Waals surface area contributed by atoms with E-state index in [0.29, 0.717) is 19.3 Å². The second-order valence-electron chi connectivity index (χ2n) is 5.09. The highest BCUT2D eigenvalue weighted by atomic mass is 16.5. The van der Waals surface area contributed by atoms with Crippen LogP contribution in [0.1, 0.15) is 51.9 Å². The summed E-state index contributed by atoms with van der Waals surface area (Å²) < 4.78 is 4.71. The van der Waals surface area contributed by atoms with Crippen molar-refractivity contribution in [2.45, 2.75) is 64.0 Å². The highest BCUT2D eigenvalue weighted by molar-refractivity contribution is 5.93. The normalized spacial score (nSPS) is 19.3. The lowest BCUT2D eigenvalue weighted by Crippen LogP contribution is -2.49. The van der Waals surface area contributed by atoms with Crippen LogP contribution < -0.4 is 10.6 Å². The summed E-state index contributed by atoms with van der Waals surface area (Å²) in [7, 11) is 1.31. The average Bonchev–Trinajstić information content (AvgIpc) is 2.88. The Hall–Kier alpha value is -1.59. The topological polar surface area (TPSA) is 84.5 Å². The standard InChI is InChI=1S/C14H24N2O4/c1-3-4-5-6-7-11(14(19)20-2)16-13(18)10-8-9-12(17)15-10/h10-11H,3-9H2,1-2H3,(H,15,17)(H,16,18)/t10-,11+/m1/s1. The first kappa shape index (κ1) is 16.5. The lowest BCUT2D eigenvalue weighted by Gasteiger charge is -2.18. The van der Waals surface area contributed by atoms with Gasteiger partial charge in [0.15, 0.2) is 0 Å². The molecular formula is C14H24N2O4. The molecule has 0 aromatic carbocycles. The lowest BCUT2D eigenvalue weighted by atomic mass is 10.1. The van der Waals surface area contributed by atoms with Crippen LogP contribution in [0.2, 0.25) is 0 Å². The van der Waals surface area contributed by atoms with E-state index in [2.05, 4.69) is 17.6 Å². The Bertz CT molecular complexity index is 357. The molecular weight excluding hydrogens is 260 g/mol. The maximum Gasteiger partial charge on any atom is 0.328 e. The Morgan fingerprint density at radius 1 is 1.40 bits per heavy atom. The third kappa shape index (κ3) is 5.19. The largest absolute Gasteiger partial charge is 0.467 e. The van der Waals surface area contributed by atoms with Crippen molar-refractivity contribution in [3.05, 3.63) is 0 Å². The van der Waals surface area contributed by atoms with Gasteiger partial charge in [-0.2, -0.15) is 0 Å². The fraction of sp³-hybridized carbons (Fsp3) is 0.786. The Morgan fingerprint density at radius 3 is 2.70 bits per heavy atom. The number of esters is 1. The van der Waals surface area contributed by atoms with E-state index in [0.717, 1.165) is 25.7 Å². The molecule has 0 unspecified atom stereocenters. The van der Waals surface area contributed by atoms with Crippen molar-refractivity contribution in [2.24, 2.45) is 0 Å². The minimum Gasteiger partial charge on any atom is -0.467 e. The number of methoxy groups -OCH3 is 1. The Balaban J connectivity index is 2.44. The van der Waals surface area contributed by atoms with Gasteiger partial charge in [-0.3, -0.25) is 9.59 Å². The van der Waals surface area contributed by atoms with Gasteiger partial charge in [0.25, 0.3) is 0 Å². The van der Waals surface area contributed by atoms with Gasteiger partial charge in [-0.15, -0.1) is 0 Å². The summed E-state index contributed by atoms with van der Waals surface area (Å²) in [4.78, 5) is 34.7. The van der Waals surface area contributed by atoms with Crippen molar-refractivity contribution in [3.63, 3.8) is 0 Å². The van der Waals surface area contributed by atoms with Crippen LogP contribution in [0.25, 0.3) is 0 Å². The van der Waals surface area contributed by atoms with Crippen molar-refractivity contribution in [1.82, 2.24) is 10.6 Å². The molecule has 6 heteroatoms. The van der Waals surface area contributed by atoms with E-state index in [1.807, 2.05) is 0 Å². The van der Waals surface area contributed by atoms with Crippen LogP contribution in [0.5, 0.6) is 0 Å². The second-order valence-corrected chi connectivity index (χ2v) is 5.09. The molecule has 1 fully saturated rings. The smallest absolute Gasteiger partial charge is 0.328 e. The number of amides is 2. The van der Waals surface area contributed by atoms with Crippen LogP contribution in [0.4, 0.5) is 0 Å². The van der Waals surface area contributed by atoms with E-state index in [-0.39, 0.29) is 11.8 Å². The highest BCUT2D eigenvalue weighted by Crippen LogP contribution is 2.10. The number of carbonyl (C=O) groups excluding carboxylic acids is 3. The minimum absolute atomic E-state index is 0.122. The predicted octanol–water partition coefficient (Wildman–Crippen LogP) is 0.893. The molecule has 0 aliphatic carbocycles. The van der Waals surface area contributed by atoms with Crippen molar-refractivity contribution in [2.75, 3.05) is 7.11 Å². The molecule has 0 radical (unpaired) electrons. The molecule has 2 N–H and O–H groups in total. The molecule has 2 atom stereocenters. The van der Waals surface area contributed by atoms with Gasteiger partial charge in [0.2, 0.25) is 11.8 Å². The zero-order chi connectivity index (χ0) is 15.0. The fourth-order valence-corrected chi connectivity index (χ4v) is 2.25. The minimum atomic E-state index is -0.623. The van der Waals surface area contributed by atoms with Crippen LogP contribution in [0.15, 0.2) is 0 Å². The number of hydrogen-bond donors (Lipinski definition) is 2. The molecule has 1 saturated heterocycles. The molecule has 1 heterocycles. The average molecular weight is 284 g/mol. The Kier molecular flexibility index (Phi) is 7.04. The van der Waals surface area contributed by atoms with Crippen LogP contribution in [0, 0.1) is 0 Å². The quantitative estimate of drug-likeness (QED) is 0.512. The van der Waals surface area contributed by atoms with Gasteiger partial charge < -0.3 is 15.4 Å². The summed E-state index contributed by atoms with van der Waals surface area (Å²) in [5, 5.41) is 5.27. The highest BCUT2D eigenvalue weighted by Gasteiger charge is 2.30. The molecule has 0 spiro atoms. The van der Waals surface area contributed by atoms with Crippen LogP contribution in [-0.2, 0) is 19.1 Å². The predicted molar refractivity (Wildman–Crippen MR) is 73.9 cm³/mol. The number of hydrogen-bond acceptors (Lipinski definition) is 4. The lowest BCUT2D eigenvalue weighted by molar-refractivity contribution is -0.145. The maximum absolute atomic E-state index is 12.0. The van der Waals surface area contributed by atoms with Gasteiger partial charge in [-0.05, 0) is 12.8 Å². The number of rotatable bonds is 8. The summed E-state index contributed by atoms with van der Waals surface area (Å²) in [6.45, 7) is 2.11. The first-order valence-electron chi connectivity index (χ1n) is 7.26. The van der Waals surface area contributed by atoms with E-state index < -0.39 is 18.1 Å².